The summed E-state index contributed by atoms with van der Waals surface area (Å²) in [6.45, 7) is 3.23. The van der Waals surface area contributed by atoms with E-state index in [0.717, 1.165) is 44.1 Å². The monoisotopic (exact) mass is 361 g/mol. The van der Waals surface area contributed by atoms with Crippen LogP contribution in [0.5, 0.6) is 5.75 Å². The molecule has 0 bridgehead atoms. The molecule has 3 rings (SSSR count). The highest BCUT2D eigenvalue weighted by molar-refractivity contribution is 5.29. The number of ether oxygens (including phenoxy) is 1. The number of aromatic nitrogens is 3. The molecule has 26 heavy (non-hydrogen) atoms. The molecule has 0 amide bonds. The molecular formula is C19H28FN5O. The third kappa shape index (κ3) is 4.22. The third-order valence-electron chi connectivity index (χ3n) is 4.98. The Labute approximate surface area is 154 Å². The van der Waals surface area contributed by atoms with Crippen molar-refractivity contribution in [3.8, 4) is 5.75 Å². The highest BCUT2D eigenvalue weighted by Gasteiger charge is 2.26. The van der Waals surface area contributed by atoms with Gasteiger partial charge < -0.3 is 14.2 Å². The normalized spacial score (nSPS) is 18.5. The van der Waals surface area contributed by atoms with Gasteiger partial charge in [0.1, 0.15) is 23.2 Å². The first kappa shape index (κ1) is 18.8. The summed E-state index contributed by atoms with van der Waals surface area (Å²) in [5.41, 5.74) is 0.706. The minimum atomic E-state index is -0.210. The topological polar surface area (TPSA) is 46.4 Å². The number of piperidine rings is 1. The predicted octanol–water partition coefficient (Wildman–Crippen LogP) is 2.40. The summed E-state index contributed by atoms with van der Waals surface area (Å²) in [4.78, 5) is 4.40. The van der Waals surface area contributed by atoms with Crippen LogP contribution in [0.15, 0.2) is 18.2 Å². The van der Waals surface area contributed by atoms with Gasteiger partial charge in [-0.25, -0.2) is 4.39 Å². The molecule has 0 radical (unpaired) electrons. The van der Waals surface area contributed by atoms with Crippen molar-refractivity contribution in [3.63, 3.8) is 0 Å². The van der Waals surface area contributed by atoms with Crippen molar-refractivity contribution in [2.75, 3.05) is 34.3 Å². The molecule has 1 atom stereocenters. The van der Waals surface area contributed by atoms with Gasteiger partial charge in [-0.15, -0.1) is 10.2 Å². The Hall–Kier alpha value is -1.99. The van der Waals surface area contributed by atoms with E-state index in [2.05, 4.69) is 24.6 Å². The standard InChI is InChI=1S/C19H28FN5O/c1-23(2)13-18-21-22-19(24(18)3)15-6-5-9-25(12-15)11-14-7-8-16(26-4)10-17(14)20/h7-8,10,15H,5-6,9,11-13H2,1-4H3/t15-/m0/s1. The first-order valence-electron chi connectivity index (χ1n) is 9.05. The first-order valence-corrected chi connectivity index (χ1v) is 9.05. The van der Waals surface area contributed by atoms with Crippen molar-refractivity contribution in [2.24, 2.45) is 7.05 Å². The predicted molar refractivity (Wildman–Crippen MR) is 98.6 cm³/mol. The molecule has 0 spiro atoms. The fourth-order valence-electron chi connectivity index (χ4n) is 3.59. The van der Waals surface area contributed by atoms with Crippen LogP contribution in [0.1, 0.15) is 36.0 Å². The van der Waals surface area contributed by atoms with Gasteiger partial charge in [0.05, 0.1) is 13.7 Å². The molecule has 6 nitrogen and oxygen atoms in total. The lowest BCUT2D eigenvalue weighted by atomic mass is 9.96. The molecule has 0 N–H and O–H groups in total. The Morgan fingerprint density at radius 1 is 1.31 bits per heavy atom. The van der Waals surface area contributed by atoms with Crippen LogP contribution >= 0.6 is 0 Å². The number of hydrogen-bond acceptors (Lipinski definition) is 5. The summed E-state index contributed by atoms with van der Waals surface area (Å²) in [6, 6.07) is 5.08. The van der Waals surface area contributed by atoms with Crippen LogP contribution in [0, 0.1) is 5.82 Å². The van der Waals surface area contributed by atoms with E-state index in [1.165, 1.54) is 6.07 Å². The maximum absolute atomic E-state index is 14.3. The second-order valence-electron chi connectivity index (χ2n) is 7.30. The highest BCUT2D eigenvalue weighted by Crippen LogP contribution is 2.27. The minimum absolute atomic E-state index is 0.210. The van der Waals surface area contributed by atoms with Crippen LogP contribution in [0.25, 0.3) is 0 Å². The summed E-state index contributed by atoms with van der Waals surface area (Å²) >= 11 is 0. The van der Waals surface area contributed by atoms with E-state index < -0.39 is 0 Å². The van der Waals surface area contributed by atoms with E-state index in [-0.39, 0.29) is 5.82 Å². The van der Waals surface area contributed by atoms with Crippen LogP contribution in [0.2, 0.25) is 0 Å². The number of nitrogens with zero attached hydrogens (tertiary/aromatic N) is 5. The fraction of sp³-hybridized carbons (Fsp3) is 0.579. The smallest absolute Gasteiger partial charge is 0.146 e. The molecule has 1 saturated heterocycles. The van der Waals surface area contributed by atoms with Crippen molar-refractivity contribution in [2.45, 2.75) is 31.8 Å². The van der Waals surface area contributed by atoms with Gasteiger partial charge in [-0.05, 0) is 39.5 Å². The van der Waals surface area contributed by atoms with E-state index >= 15 is 0 Å². The second kappa shape index (κ2) is 8.14. The van der Waals surface area contributed by atoms with Crippen LogP contribution in [-0.4, -0.2) is 58.9 Å². The zero-order chi connectivity index (χ0) is 18.7. The maximum atomic E-state index is 14.3. The largest absolute Gasteiger partial charge is 0.497 e. The molecule has 1 aromatic carbocycles. The SMILES string of the molecule is COc1ccc(CN2CCC[C@H](c3nnc(CN(C)C)n3C)C2)c(F)c1. The molecule has 1 aliphatic heterocycles. The van der Waals surface area contributed by atoms with Crippen LogP contribution in [0.4, 0.5) is 4.39 Å². The number of methoxy groups -OCH3 is 1. The summed E-state index contributed by atoms with van der Waals surface area (Å²) < 4.78 is 21.5. The Bertz CT molecular complexity index is 746. The lowest BCUT2D eigenvalue weighted by Crippen LogP contribution is -2.35. The van der Waals surface area contributed by atoms with Gasteiger partial charge in [0.25, 0.3) is 0 Å². The molecule has 1 fully saturated rings. The van der Waals surface area contributed by atoms with E-state index in [1.54, 1.807) is 7.11 Å². The van der Waals surface area contributed by atoms with Gasteiger partial charge in [0, 0.05) is 37.7 Å². The van der Waals surface area contributed by atoms with Crippen molar-refractivity contribution in [1.82, 2.24) is 24.6 Å². The molecule has 0 unspecified atom stereocenters. The van der Waals surface area contributed by atoms with Gasteiger partial charge in [0.15, 0.2) is 0 Å². The van der Waals surface area contributed by atoms with E-state index in [4.69, 9.17) is 4.74 Å². The van der Waals surface area contributed by atoms with Gasteiger partial charge in [-0.2, -0.15) is 0 Å². The number of benzene rings is 1. The lowest BCUT2D eigenvalue weighted by molar-refractivity contribution is 0.192. The summed E-state index contributed by atoms with van der Waals surface area (Å²) in [6.07, 6.45) is 2.17. The summed E-state index contributed by atoms with van der Waals surface area (Å²) in [5, 5.41) is 8.80. The molecule has 0 saturated carbocycles. The molecule has 142 valence electrons. The van der Waals surface area contributed by atoms with Crippen molar-refractivity contribution in [1.29, 1.82) is 0 Å². The lowest BCUT2D eigenvalue weighted by Gasteiger charge is -2.32. The Balaban J connectivity index is 1.69. The molecular weight excluding hydrogens is 333 g/mol. The van der Waals surface area contributed by atoms with Crippen molar-refractivity contribution >= 4 is 0 Å². The zero-order valence-electron chi connectivity index (χ0n) is 16.1. The number of rotatable bonds is 6. The number of halogens is 1. The number of likely N-dealkylation sites (tertiary alicyclic amines) is 1. The Morgan fingerprint density at radius 3 is 2.81 bits per heavy atom. The van der Waals surface area contributed by atoms with Crippen LogP contribution in [-0.2, 0) is 20.1 Å². The molecule has 0 aliphatic carbocycles. The highest BCUT2D eigenvalue weighted by atomic mass is 19.1. The van der Waals surface area contributed by atoms with Crippen molar-refractivity contribution in [3.05, 3.63) is 41.2 Å². The third-order valence-corrected chi connectivity index (χ3v) is 4.98. The summed E-state index contributed by atoms with van der Waals surface area (Å²) in [5.74, 6) is 2.68. The van der Waals surface area contributed by atoms with Crippen molar-refractivity contribution < 1.29 is 9.13 Å². The molecule has 1 aliphatic rings. The first-order chi connectivity index (χ1) is 12.5. The maximum Gasteiger partial charge on any atom is 0.146 e. The number of hydrogen-bond donors (Lipinski definition) is 0. The van der Waals surface area contributed by atoms with Crippen LogP contribution in [0.3, 0.4) is 0 Å². The van der Waals surface area contributed by atoms with Gasteiger partial charge in [-0.1, -0.05) is 6.07 Å². The quantitative estimate of drug-likeness (QED) is 0.791. The average Bonchev–Trinajstić information content (AvgIpc) is 2.97. The van der Waals surface area contributed by atoms with E-state index in [1.807, 2.05) is 33.3 Å². The minimum Gasteiger partial charge on any atom is -0.497 e. The van der Waals surface area contributed by atoms with Gasteiger partial charge in [-0.3, -0.25) is 4.90 Å². The fourth-order valence-corrected chi connectivity index (χ4v) is 3.59. The van der Waals surface area contributed by atoms with E-state index in [9.17, 15) is 4.39 Å². The average molecular weight is 361 g/mol. The van der Waals surface area contributed by atoms with E-state index in [0.29, 0.717) is 23.8 Å². The molecule has 2 aromatic rings. The van der Waals surface area contributed by atoms with Gasteiger partial charge in [0.2, 0.25) is 0 Å². The Kier molecular flexibility index (Phi) is 5.88. The summed E-state index contributed by atoms with van der Waals surface area (Å²) in [7, 11) is 7.64. The second-order valence-corrected chi connectivity index (χ2v) is 7.30. The zero-order valence-corrected chi connectivity index (χ0v) is 16.1. The van der Waals surface area contributed by atoms with Gasteiger partial charge >= 0.3 is 0 Å². The Morgan fingerprint density at radius 2 is 2.12 bits per heavy atom. The molecule has 2 heterocycles. The van der Waals surface area contributed by atoms with Crippen LogP contribution < -0.4 is 4.74 Å². The molecule has 1 aromatic heterocycles. The molecule has 7 heteroatoms.